The van der Waals surface area contributed by atoms with Crippen molar-refractivity contribution in [3.8, 4) is 11.5 Å². The number of hydrogen-bond donors (Lipinski definition) is 0. The largest absolute Gasteiger partial charge is 0.762 e. The Morgan fingerprint density at radius 3 is 2.09 bits per heavy atom. The fourth-order valence-electron chi connectivity index (χ4n) is 7.49. The minimum atomic E-state index is -1.15. The number of benzene rings is 4. The molecule has 0 N–H and O–H groups in total. The van der Waals surface area contributed by atoms with Crippen molar-refractivity contribution in [3.05, 3.63) is 137 Å². The van der Waals surface area contributed by atoms with Crippen molar-refractivity contribution in [2.24, 2.45) is 5.41 Å². The predicted molar refractivity (Wildman–Crippen MR) is 179 cm³/mol. The average molecular weight is 637 g/mol. The Kier molecular flexibility index (Phi) is 9.94. The van der Waals surface area contributed by atoms with E-state index in [1.54, 1.807) is 38.5 Å². The molecular formula is C39H42NO7-. The first-order valence-corrected chi connectivity index (χ1v) is 16.3. The molecule has 246 valence electrons. The molecule has 4 aromatic rings. The molecule has 1 saturated carbocycles. The highest BCUT2D eigenvalue weighted by Gasteiger charge is 2.54. The molecular weight excluding hydrogens is 594 g/mol. The summed E-state index contributed by atoms with van der Waals surface area (Å²) in [4.78, 5) is 19.7. The Morgan fingerprint density at radius 1 is 0.872 bits per heavy atom. The van der Waals surface area contributed by atoms with Crippen molar-refractivity contribution >= 4 is 5.97 Å². The molecule has 0 aromatic heterocycles. The van der Waals surface area contributed by atoms with Gasteiger partial charge >= 0.3 is 5.97 Å². The standard InChI is InChI=1S/C39H42NO7/c1-4-38(26-28-22-23-32(43-2)33(25-28)44-3)27-40(42)47-37(35(38)46-36(41)29-15-8-5-9-16-29)45-34-21-14-24-39(34,30-17-10-6-11-18-30)31-19-12-7-13-20-31/h5-13,15-20,22-23,25,34-35,37H,4,14,21,24,26-27H2,1-3H3/q-1. The fraction of sp³-hybridized carbons (Fsp3) is 0.359. The number of carbonyl (C=O) groups excluding carboxylic acids is 1. The van der Waals surface area contributed by atoms with E-state index in [1.807, 2.05) is 67.6 Å². The summed E-state index contributed by atoms with van der Waals surface area (Å²) in [5.74, 6) is 0.683. The number of hydroxylamine groups is 2. The van der Waals surface area contributed by atoms with Crippen LogP contribution in [0.1, 0.15) is 59.7 Å². The molecule has 1 saturated heterocycles. The summed E-state index contributed by atoms with van der Waals surface area (Å²) in [6.45, 7) is 1.99. The maximum atomic E-state index is 13.7. The second-order valence-corrected chi connectivity index (χ2v) is 12.5. The highest BCUT2D eigenvalue weighted by atomic mass is 16.9. The van der Waals surface area contributed by atoms with Crippen molar-refractivity contribution in [2.75, 3.05) is 20.8 Å². The van der Waals surface area contributed by atoms with E-state index < -0.39 is 29.2 Å². The van der Waals surface area contributed by atoms with Crippen LogP contribution >= 0.6 is 0 Å². The van der Waals surface area contributed by atoms with Crippen LogP contribution < -0.4 is 9.47 Å². The molecule has 1 heterocycles. The van der Waals surface area contributed by atoms with Crippen LogP contribution in [0.15, 0.2) is 109 Å². The number of hydrogen-bond acceptors (Lipinski definition) is 8. The van der Waals surface area contributed by atoms with Gasteiger partial charge < -0.3 is 24.2 Å². The van der Waals surface area contributed by atoms with E-state index in [0.717, 1.165) is 36.0 Å². The second kappa shape index (κ2) is 14.3. The van der Waals surface area contributed by atoms with Gasteiger partial charge in [0.2, 0.25) is 6.29 Å². The summed E-state index contributed by atoms with van der Waals surface area (Å²) in [5.41, 5.74) is 2.25. The van der Waals surface area contributed by atoms with Gasteiger partial charge in [-0.05, 0) is 73.1 Å². The molecule has 0 spiro atoms. The van der Waals surface area contributed by atoms with Gasteiger partial charge in [0.05, 0.1) is 25.9 Å². The van der Waals surface area contributed by atoms with Crippen LogP contribution in [0.3, 0.4) is 0 Å². The van der Waals surface area contributed by atoms with Crippen LogP contribution in [0.25, 0.3) is 0 Å². The lowest BCUT2D eigenvalue weighted by atomic mass is 9.71. The summed E-state index contributed by atoms with van der Waals surface area (Å²) in [6.07, 6.45) is 1.05. The summed E-state index contributed by atoms with van der Waals surface area (Å²) in [5, 5.41) is 14.1. The number of ether oxygens (including phenoxy) is 4. The molecule has 4 atom stereocenters. The lowest BCUT2D eigenvalue weighted by Gasteiger charge is -2.53. The van der Waals surface area contributed by atoms with Gasteiger partial charge in [0.1, 0.15) is 0 Å². The lowest BCUT2D eigenvalue weighted by Crippen LogP contribution is -2.61. The SMILES string of the molecule is CCC1(Cc2ccc(OC)c(OC)c2)CN([O-])OC(OC2CCCC2(c2ccccc2)c2ccccc2)C1OC(=O)c1ccccc1. The van der Waals surface area contributed by atoms with E-state index in [2.05, 4.69) is 24.3 Å². The Bertz CT molecular complexity index is 1580. The zero-order valence-electron chi connectivity index (χ0n) is 27.2. The van der Waals surface area contributed by atoms with Gasteiger partial charge in [0.15, 0.2) is 17.6 Å². The molecule has 4 unspecified atom stereocenters. The third-order valence-electron chi connectivity index (χ3n) is 9.93. The highest BCUT2D eigenvalue weighted by Crippen LogP contribution is 2.50. The fourth-order valence-corrected chi connectivity index (χ4v) is 7.49. The van der Waals surface area contributed by atoms with E-state index in [0.29, 0.717) is 35.1 Å². The number of methoxy groups -OCH3 is 2. The van der Waals surface area contributed by atoms with Crippen LogP contribution in [-0.2, 0) is 26.1 Å². The molecule has 2 fully saturated rings. The molecule has 8 heteroatoms. The number of esters is 1. The summed E-state index contributed by atoms with van der Waals surface area (Å²) in [7, 11) is 3.18. The Balaban J connectivity index is 1.41. The van der Waals surface area contributed by atoms with Crippen LogP contribution in [0.4, 0.5) is 0 Å². The number of nitrogens with zero attached hydrogens (tertiary/aromatic N) is 1. The van der Waals surface area contributed by atoms with Gasteiger partial charge in [0.25, 0.3) is 0 Å². The summed E-state index contributed by atoms with van der Waals surface area (Å²) >= 11 is 0. The predicted octanol–water partition coefficient (Wildman–Crippen LogP) is 7.49. The molecule has 47 heavy (non-hydrogen) atoms. The molecule has 4 aromatic carbocycles. The summed E-state index contributed by atoms with van der Waals surface area (Å²) in [6, 6.07) is 35.3. The van der Waals surface area contributed by atoms with E-state index >= 15 is 0 Å². The smallest absolute Gasteiger partial charge is 0.338 e. The van der Waals surface area contributed by atoms with E-state index in [4.69, 9.17) is 23.8 Å². The summed E-state index contributed by atoms with van der Waals surface area (Å²) < 4.78 is 24.4. The Labute approximate surface area is 276 Å². The molecule has 6 rings (SSSR count). The van der Waals surface area contributed by atoms with E-state index in [9.17, 15) is 10.0 Å². The monoisotopic (exact) mass is 636 g/mol. The maximum absolute atomic E-state index is 13.7. The van der Waals surface area contributed by atoms with Crippen LogP contribution in [0.5, 0.6) is 11.5 Å². The van der Waals surface area contributed by atoms with Crippen LogP contribution in [-0.4, -0.2) is 50.5 Å². The molecule has 2 aliphatic rings. The molecule has 0 amide bonds. The number of rotatable bonds is 11. The van der Waals surface area contributed by atoms with Crippen molar-refractivity contribution in [1.82, 2.24) is 5.23 Å². The molecule has 8 nitrogen and oxygen atoms in total. The normalized spacial score (nSPS) is 24.0. The molecule has 1 aliphatic carbocycles. The molecule has 0 bridgehead atoms. The first-order chi connectivity index (χ1) is 22.9. The van der Waals surface area contributed by atoms with Gasteiger partial charge in [-0.25, -0.2) is 4.79 Å². The van der Waals surface area contributed by atoms with Gasteiger partial charge in [-0.2, -0.15) is 0 Å². The van der Waals surface area contributed by atoms with Gasteiger partial charge in [-0.1, -0.05) is 91.9 Å². The maximum Gasteiger partial charge on any atom is 0.338 e. The van der Waals surface area contributed by atoms with Gasteiger partial charge in [-0.15, -0.1) is 0 Å². The third kappa shape index (κ3) is 6.51. The quantitative estimate of drug-likeness (QED) is 0.157. The zero-order chi connectivity index (χ0) is 32.9. The first kappa shape index (κ1) is 32.7. The van der Waals surface area contributed by atoms with Crippen LogP contribution in [0, 0.1) is 10.6 Å². The van der Waals surface area contributed by atoms with Crippen molar-refractivity contribution < 1.29 is 28.6 Å². The van der Waals surface area contributed by atoms with Gasteiger partial charge in [-0.3, -0.25) is 10.1 Å². The molecule has 1 aliphatic heterocycles. The molecule has 0 radical (unpaired) electrons. The Morgan fingerprint density at radius 2 is 1.49 bits per heavy atom. The third-order valence-corrected chi connectivity index (χ3v) is 9.93. The van der Waals surface area contributed by atoms with E-state index in [-0.39, 0.29) is 12.6 Å². The number of carbonyl (C=O) groups is 1. The van der Waals surface area contributed by atoms with Crippen molar-refractivity contribution in [3.63, 3.8) is 0 Å². The minimum absolute atomic E-state index is 0.0162. The van der Waals surface area contributed by atoms with E-state index in [1.165, 1.54) is 0 Å². The van der Waals surface area contributed by atoms with Gasteiger partial charge in [0, 0.05) is 17.4 Å². The van der Waals surface area contributed by atoms with Crippen molar-refractivity contribution in [1.29, 1.82) is 0 Å². The first-order valence-electron chi connectivity index (χ1n) is 16.3. The average Bonchev–Trinajstić information content (AvgIpc) is 3.54. The lowest BCUT2D eigenvalue weighted by molar-refractivity contribution is -0.356. The van der Waals surface area contributed by atoms with Crippen molar-refractivity contribution in [2.45, 2.75) is 62.9 Å². The minimum Gasteiger partial charge on any atom is -0.762 e. The highest BCUT2D eigenvalue weighted by molar-refractivity contribution is 5.89. The van der Waals surface area contributed by atoms with Crippen LogP contribution in [0.2, 0.25) is 0 Å². The second-order valence-electron chi connectivity index (χ2n) is 12.5. The Hall–Kier alpha value is -4.21. The topological polar surface area (TPSA) is 89.5 Å². The zero-order valence-corrected chi connectivity index (χ0v) is 27.2.